The van der Waals surface area contributed by atoms with E-state index in [0.29, 0.717) is 0 Å². The highest BCUT2D eigenvalue weighted by Gasteiger charge is 2.35. The van der Waals surface area contributed by atoms with Crippen LogP contribution in [-0.2, 0) is 13.0 Å². The number of hydrogen-bond acceptors (Lipinski definition) is 5. The van der Waals surface area contributed by atoms with Gasteiger partial charge in [-0.1, -0.05) is 30.3 Å². The Hall–Kier alpha value is -1.98. The van der Waals surface area contributed by atoms with Gasteiger partial charge in [0.1, 0.15) is 0 Å². The minimum absolute atomic E-state index is 0.0585. The Morgan fingerprint density at radius 3 is 2.72 bits per heavy atom. The highest BCUT2D eigenvalue weighted by atomic mass is 16.3. The van der Waals surface area contributed by atoms with Crippen molar-refractivity contribution >= 4 is 5.95 Å². The molecule has 1 saturated heterocycles. The van der Waals surface area contributed by atoms with E-state index in [1.54, 1.807) is 0 Å². The van der Waals surface area contributed by atoms with Crippen LogP contribution in [0.3, 0.4) is 0 Å². The first-order valence-electron chi connectivity index (χ1n) is 8.97. The molecule has 25 heavy (non-hydrogen) atoms. The average molecular weight is 340 g/mol. The van der Waals surface area contributed by atoms with Crippen molar-refractivity contribution < 1.29 is 5.11 Å². The maximum absolute atomic E-state index is 10.1. The molecule has 3 rings (SSSR count). The van der Waals surface area contributed by atoms with E-state index in [2.05, 4.69) is 39.1 Å². The molecule has 0 radical (unpaired) electrons. The summed E-state index contributed by atoms with van der Waals surface area (Å²) >= 11 is 0. The van der Waals surface area contributed by atoms with Gasteiger partial charge in [0, 0.05) is 38.8 Å². The van der Waals surface area contributed by atoms with Gasteiger partial charge >= 0.3 is 0 Å². The van der Waals surface area contributed by atoms with Crippen molar-refractivity contribution in [2.24, 2.45) is 5.41 Å². The number of anilines is 1. The highest BCUT2D eigenvalue weighted by molar-refractivity contribution is 5.27. The average Bonchev–Trinajstić information content (AvgIpc) is 2.63. The van der Waals surface area contributed by atoms with Gasteiger partial charge in [-0.25, -0.2) is 9.97 Å². The van der Waals surface area contributed by atoms with Crippen LogP contribution < -0.4 is 4.90 Å². The summed E-state index contributed by atoms with van der Waals surface area (Å²) in [6, 6.07) is 12.5. The molecule has 5 nitrogen and oxygen atoms in total. The number of piperidine rings is 1. The van der Waals surface area contributed by atoms with E-state index in [4.69, 9.17) is 0 Å². The minimum Gasteiger partial charge on any atom is -0.396 e. The van der Waals surface area contributed by atoms with E-state index in [0.717, 1.165) is 50.5 Å². The van der Waals surface area contributed by atoms with Crippen molar-refractivity contribution in [2.75, 3.05) is 38.7 Å². The van der Waals surface area contributed by atoms with Crippen molar-refractivity contribution in [3.8, 4) is 0 Å². The molecule has 1 unspecified atom stereocenters. The molecule has 1 aliphatic heterocycles. The van der Waals surface area contributed by atoms with Gasteiger partial charge in [-0.05, 0) is 37.4 Å². The van der Waals surface area contributed by atoms with Crippen LogP contribution in [0.1, 0.15) is 24.1 Å². The minimum atomic E-state index is -0.0585. The number of rotatable bonds is 6. The molecule has 0 amide bonds. The SMILES string of the molecule is CN(C)c1nccc(CN2CCCC(CO)(Cc3ccccc3)C2)n1. The van der Waals surface area contributed by atoms with Gasteiger partial charge < -0.3 is 10.0 Å². The van der Waals surface area contributed by atoms with Gasteiger partial charge in [-0.3, -0.25) is 4.90 Å². The van der Waals surface area contributed by atoms with E-state index >= 15 is 0 Å². The van der Waals surface area contributed by atoms with Gasteiger partial charge in [0.25, 0.3) is 0 Å². The fourth-order valence-corrected chi connectivity index (χ4v) is 3.72. The summed E-state index contributed by atoms with van der Waals surface area (Å²) in [6.45, 7) is 2.99. The number of nitrogens with zero attached hydrogens (tertiary/aromatic N) is 4. The summed E-state index contributed by atoms with van der Waals surface area (Å²) in [5.74, 6) is 0.743. The normalized spacial score (nSPS) is 21.2. The molecule has 1 aromatic heterocycles. The number of aliphatic hydroxyl groups excluding tert-OH is 1. The van der Waals surface area contributed by atoms with E-state index < -0.39 is 0 Å². The van der Waals surface area contributed by atoms with E-state index in [-0.39, 0.29) is 12.0 Å². The maximum Gasteiger partial charge on any atom is 0.225 e. The second-order valence-electron chi connectivity index (χ2n) is 7.38. The first-order valence-corrected chi connectivity index (χ1v) is 8.97. The van der Waals surface area contributed by atoms with Crippen LogP contribution >= 0.6 is 0 Å². The first-order chi connectivity index (χ1) is 12.1. The molecule has 134 valence electrons. The molecule has 5 heteroatoms. The summed E-state index contributed by atoms with van der Waals surface area (Å²) in [5.41, 5.74) is 2.28. The largest absolute Gasteiger partial charge is 0.396 e. The predicted octanol–water partition coefficient (Wildman–Crippen LogP) is 2.36. The van der Waals surface area contributed by atoms with Crippen molar-refractivity contribution in [3.05, 3.63) is 53.9 Å². The van der Waals surface area contributed by atoms with Crippen molar-refractivity contribution in [2.45, 2.75) is 25.8 Å². The van der Waals surface area contributed by atoms with Crippen LogP contribution in [-0.4, -0.2) is 53.8 Å². The van der Waals surface area contributed by atoms with E-state index in [9.17, 15) is 5.11 Å². The molecule has 0 spiro atoms. The molecule has 1 aliphatic rings. The number of likely N-dealkylation sites (tertiary alicyclic amines) is 1. The zero-order chi connectivity index (χ0) is 17.7. The lowest BCUT2D eigenvalue weighted by atomic mass is 9.75. The Morgan fingerprint density at radius 1 is 1.20 bits per heavy atom. The second kappa shape index (κ2) is 7.93. The van der Waals surface area contributed by atoms with Crippen LogP contribution in [0.5, 0.6) is 0 Å². The van der Waals surface area contributed by atoms with Crippen LogP contribution in [0.25, 0.3) is 0 Å². The van der Waals surface area contributed by atoms with Crippen molar-refractivity contribution in [1.82, 2.24) is 14.9 Å². The molecule has 1 N–H and O–H groups in total. The summed E-state index contributed by atoms with van der Waals surface area (Å²) in [7, 11) is 3.91. The summed E-state index contributed by atoms with van der Waals surface area (Å²) < 4.78 is 0. The summed E-state index contributed by atoms with van der Waals surface area (Å²) in [6.07, 6.45) is 4.93. The molecular formula is C20H28N4O. The molecular weight excluding hydrogens is 312 g/mol. The fraction of sp³-hybridized carbons (Fsp3) is 0.500. The van der Waals surface area contributed by atoms with Gasteiger partial charge in [-0.15, -0.1) is 0 Å². The first kappa shape index (κ1) is 17.8. The Morgan fingerprint density at radius 2 is 2.00 bits per heavy atom. The quantitative estimate of drug-likeness (QED) is 0.875. The molecule has 2 aromatic rings. The molecule has 1 atom stereocenters. The third kappa shape index (κ3) is 4.55. The lowest BCUT2D eigenvalue weighted by Gasteiger charge is -2.42. The zero-order valence-electron chi connectivity index (χ0n) is 15.2. The molecule has 1 fully saturated rings. The standard InChI is InChI=1S/C20H28N4O/c1-23(2)19-21-11-9-18(22-19)14-24-12-6-10-20(15-24,16-25)13-17-7-4-3-5-8-17/h3-5,7-9,11,25H,6,10,12-16H2,1-2H3. The van der Waals surface area contributed by atoms with Crippen LogP contribution in [0.2, 0.25) is 0 Å². The Labute approximate surface area is 150 Å². The van der Waals surface area contributed by atoms with Gasteiger partial charge in [-0.2, -0.15) is 0 Å². The molecule has 0 saturated carbocycles. The molecule has 0 bridgehead atoms. The van der Waals surface area contributed by atoms with Crippen LogP contribution in [0, 0.1) is 5.41 Å². The van der Waals surface area contributed by atoms with Crippen molar-refractivity contribution in [3.63, 3.8) is 0 Å². The lowest BCUT2D eigenvalue weighted by molar-refractivity contribution is 0.0283. The fourth-order valence-electron chi connectivity index (χ4n) is 3.72. The Bertz CT molecular complexity index is 676. The second-order valence-corrected chi connectivity index (χ2v) is 7.38. The number of hydrogen-bond donors (Lipinski definition) is 1. The highest BCUT2D eigenvalue weighted by Crippen LogP contribution is 2.34. The van der Waals surface area contributed by atoms with Gasteiger partial charge in [0.05, 0.1) is 12.3 Å². The lowest BCUT2D eigenvalue weighted by Crippen LogP contribution is -2.46. The maximum atomic E-state index is 10.1. The summed E-state index contributed by atoms with van der Waals surface area (Å²) in [4.78, 5) is 13.3. The Balaban J connectivity index is 1.70. The molecule has 0 aliphatic carbocycles. The predicted molar refractivity (Wildman–Crippen MR) is 101 cm³/mol. The molecule has 2 heterocycles. The van der Waals surface area contributed by atoms with E-state index in [1.165, 1.54) is 5.56 Å². The van der Waals surface area contributed by atoms with E-state index in [1.807, 2.05) is 37.3 Å². The number of aliphatic hydroxyl groups is 1. The van der Waals surface area contributed by atoms with Gasteiger partial charge in [0.2, 0.25) is 5.95 Å². The monoisotopic (exact) mass is 340 g/mol. The third-order valence-electron chi connectivity index (χ3n) is 4.98. The van der Waals surface area contributed by atoms with Crippen LogP contribution in [0.15, 0.2) is 42.6 Å². The zero-order valence-corrected chi connectivity index (χ0v) is 15.2. The third-order valence-corrected chi connectivity index (χ3v) is 4.98. The van der Waals surface area contributed by atoms with Gasteiger partial charge in [0.15, 0.2) is 0 Å². The summed E-state index contributed by atoms with van der Waals surface area (Å²) in [5, 5.41) is 10.1. The number of aromatic nitrogens is 2. The Kier molecular flexibility index (Phi) is 5.66. The topological polar surface area (TPSA) is 52.5 Å². The number of benzene rings is 1. The van der Waals surface area contributed by atoms with Crippen molar-refractivity contribution in [1.29, 1.82) is 0 Å². The van der Waals surface area contributed by atoms with Crippen LogP contribution in [0.4, 0.5) is 5.95 Å². The smallest absolute Gasteiger partial charge is 0.225 e. The molecule has 1 aromatic carbocycles.